The number of nitrogens with zero attached hydrogens (tertiary/aromatic N) is 2. The van der Waals surface area contributed by atoms with E-state index in [4.69, 9.17) is 0 Å². The predicted molar refractivity (Wildman–Crippen MR) is 63.1 cm³/mol. The minimum Gasteiger partial charge on any atom is -0.389 e. The van der Waals surface area contributed by atoms with Crippen molar-refractivity contribution in [2.75, 3.05) is 11.9 Å². The van der Waals surface area contributed by atoms with Gasteiger partial charge in [0.25, 0.3) is 0 Å². The topological polar surface area (TPSA) is 50.1 Å². The summed E-state index contributed by atoms with van der Waals surface area (Å²) in [5, 5.41) is 16.5. The molecule has 0 aliphatic heterocycles. The zero-order valence-corrected chi connectivity index (χ0v) is 9.55. The van der Waals surface area contributed by atoms with Crippen molar-refractivity contribution in [2.24, 2.45) is 0 Å². The molecule has 96 valence electrons. The standard InChI is InChI=1S/C12H13F2N3O/c13-11-3-2-9(6-12(11)14)15-7-10(18)8-17-5-1-4-16-17/h1-6,10,15,18H,7-8H2. The highest BCUT2D eigenvalue weighted by molar-refractivity contribution is 5.43. The van der Waals surface area contributed by atoms with Crippen LogP contribution in [0.15, 0.2) is 36.7 Å². The van der Waals surface area contributed by atoms with E-state index in [-0.39, 0.29) is 6.54 Å². The van der Waals surface area contributed by atoms with Gasteiger partial charge in [-0.15, -0.1) is 0 Å². The maximum atomic E-state index is 12.9. The molecule has 0 spiro atoms. The summed E-state index contributed by atoms with van der Waals surface area (Å²) in [7, 11) is 0. The van der Waals surface area contributed by atoms with Crippen LogP contribution < -0.4 is 5.32 Å². The number of aliphatic hydroxyl groups is 1. The molecule has 1 heterocycles. The van der Waals surface area contributed by atoms with Gasteiger partial charge in [0.15, 0.2) is 11.6 Å². The summed E-state index contributed by atoms with van der Waals surface area (Å²) < 4.78 is 27.2. The first-order valence-corrected chi connectivity index (χ1v) is 5.49. The molecule has 0 amide bonds. The van der Waals surface area contributed by atoms with Crippen LogP contribution in [0.4, 0.5) is 14.5 Å². The van der Waals surface area contributed by atoms with Gasteiger partial charge in [-0.3, -0.25) is 4.68 Å². The number of hydrogen-bond donors (Lipinski definition) is 2. The van der Waals surface area contributed by atoms with Crippen LogP contribution in [0, 0.1) is 11.6 Å². The van der Waals surface area contributed by atoms with Crippen LogP contribution >= 0.6 is 0 Å². The Morgan fingerprint density at radius 2 is 2.17 bits per heavy atom. The highest BCUT2D eigenvalue weighted by Crippen LogP contribution is 2.12. The summed E-state index contributed by atoms with van der Waals surface area (Å²) in [6, 6.07) is 5.27. The average molecular weight is 253 g/mol. The van der Waals surface area contributed by atoms with Crippen LogP contribution in [0.5, 0.6) is 0 Å². The third-order valence-electron chi connectivity index (χ3n) is 2.42. The summed E-state index contributed by atoms with van der Waals surface area (Å²) in [4.78, 5) is 0. The summed E-state index contributed by atoms with van der Waals surface area (Å²) in [6.07, 6.45) is 2.69. The van der Waals surface area contributed by atoms with Gasteiger partial charge in [0.05, 0.1) is 12.6 Å². The second-order valence-corrected chi connectivity index (χ2v) is 3.89. The molecule has 6 heteroatoms. The molecule has 0 fully saturated rings. The SMILES string of the molecule is OC(CNc1ccc(F)c(F)c1)Cn1cccn1. The zero-order valence-electron chi connectivity index (χ0n) is 9.55. The molecule has 4 nitrogen and oxygen atoms in total. The molecule has 2 N–H and O–H groups in total. The first-order chi connectivity index (χ1) is 8.65. The van der Waals surface area contributed by atoms with E-state index in [1.165, 1.54) is 6.07 Å². The predicted octanol–water partition coefficient (Wildman–Crippen LogP) is 1.63. The van der Waals surface area contributed by atoms with E-state index in [1.807, 2.05) is 0 Å². The number of anilines is 1. The molecule has 0 radical (unpaired) electrons. The summed E-state index contributed by atoms with van der Waals surface area (Å²) >= 11 is 0. The summed E-state index contributed by atoms with van der Waals surface area (Å²) in [5.41, 5.74) is 0.424. The van der Waals surface area contributed by atoms with Gasteiger partial charge >= 0.3 is 0 Å². The van der Waals surface area contributed by atoms with E-state index < -0.39 is 17.7 Å². The minimum atomic E-state index is -0.915. The lowest BCUT2D eigenvalue weighted by Crippen LogP contribution is -2.25. The molecule has 1 aromatic heterocycles. The first kappa shape index (κ1) is 12.5. The third kappa shape index (κ3) is 3.27. The number of hydrogen-bond acceptors (Lipinski definition) is 3. The molecule has 2 aromatic rings. The van der Waals surface area contributed by atoms with Crippen molar-refractivity contribution in [1.29, 1.82) is 0 Å². The Hall–Kier alpha value is -1.95. The van der Waals surface area contributed by atoms with Crippen molar-refractivity contribution in [3.05, 3.63) is 48.3 Å². The van der Waals surface area contributed by atoms with E-state index in [9.17, 15) is 13.9 Å². The normalized spacial score (nSPS) is 12.4. The molecule has 1 aromatic carbocycles. The van der Waals surface area contributed by atoms with Gasteiger partial charge < -0.3 is 10.4 Å². The second-order valence-electron chi connectivity index (χ2n) is 3.89. The number of benzene rings is 1. The lowest BCUT2D eigenvalue weighted by atomic mass is 10.2. The molecule has 1 atom stereocenters. The van der Waals surface area contributed by atoms with Gasteiger partial charge in [-0.2, -0.15) is 5.10 Å². The quantitative estimate of drug-likeness (QED) is 0.851. The molecular formula is C12H13F2N3O. The number of nitrogens with one attached hydrogen (secondary N) is 1. The lowest BCUT2D eigenvalue weighted by Gasteiger charge is -2.13. The summed E-state index contributed by atoms with van der Waals surface area (Å²) in [6.45, 7) is 0.564. The van der Waals surface area contributed by atoms with Crippen LogP contribution in [0.3, 0.4) is 0 Å². The molecule has 0 saturated carbocycles. The largest absolute Gasteiger partial charge is 0.389 e. The van der Waals surface area contributed by atoms with E-state index in [0.717, 1.165) is 12.1 Å². The zero-order chi connectivity index (χ0) is 13.0. The number of aromatic nitrogens is 2. The van der Waals surface area contributed by atoms with Crippen molar-refractivity contribution < 1.29 is 13.9 Å². The highest BCUT2D eigenvalue weighted by atomic mass is 19.2. The van der Waals surface area contributed by atoms with E-state index >= 15 is 0 Å². The van der Waals surface area contributed by atoms with Gasteiger partial charge in [0.1, 0.15) is 0 Å². The Balaban J connectivity index is 1.85. The lowest BCUT2D eigenvalue weighted by molar-refractivity contribution is 0.161. The molecule has 0 saturated heterocycles. The molecule has 1 unspecified atom stereocenters. The molecule has 2 rings (SSSR count). The molecule has 18 heavy (non-hydrogen) atoms. The van der Waals surface area contributed by atoms with Crippen molar-refractivity contribution >= 4 is 5.69 Å². The number of rotatable bonds is 5. The van der Waals surface area contributed by atoms with Gasteiger partial charge in [-0.1, -0.05) is 0 Å². The average Bonchev–Trinajstić information content (AvgIpc) is 2.83. The Labute approximate surface area is 103 Å². The number of aliphatic hydroxyl groups excluding tert-OH is 1. The van der Waals surface area contributed by atoms with E-state index in [2.05, 4.69) is 10.4 Å². The maximum Gasteiger partial charge on any atom is 0.160 e. The van der Waals surface area contributed by atoms with Gasteiger partial charge in [-0.05, 0) is 18.2 Å². The fourth-order valence-electron chi connectivity index (χ4n) is 1.53. The van der Waals surface area contributed by atoms with E-state index in [1.54, 1.807) is 23.1 Å². The van der Waals surface area contributed by atoms with Crippen molar-refractivity contribution in [3.63, 3.8) is 0 Å². The fraction of sp³-hybridized carbons (Fsp3) is 0.250. The van der Waals surface area contributed by atoms with Crippen LogP contribution in [0.25, 0.3) is 0 Å². The third-order valence-corrected chi connectivity index (χ3v) is 2.42. The minimum absolute atomic E-state index is 0.227. The Morgan fingerprint density at radius 1 is 1.33 bits per heavy atom. The van der Waals surface area contributed by atoms with Crippen molar-refractivity contribution in [2.45, 2.75) is 12.6 Å². The summed E-state index contributed by atoms with van der Waals surface area (Å²) in [5.74, 6) is -1.81. The van der Waals surface area contributed by atoms with E-state index in [0.29, 0.717) is 12.2 Å². The smallest absolute Gasteiger partial charge is 0.160 e. The van der Waals surface area contributed by atoms with Crippen molar-refractivity contribution in [1.82, 2.24) is 9.78 Å². The maximum absolute atomic E-state index is 12.9. The van der Waals surface area contributed by atoms with Gasteiger partial charge in [0, 0.05) is 30.7 Å². The monoisotopic (exact) mass is 253 g/mol. The Kier molecular flexibility index (Phi) is 3.88. The van der Waals surface area contributed by atoms with Gasteiger partial charge in [-0.25, -0.2) is 8.78 Å². The van der Waals surface area contributed by atoms with Crippen molar-refractivity contribution in [3.8, 4) is 0 Å². The number of halogens is 2. The Bertz CT molecular complexity index is 502. The molecule has 0 bridgehead atoms. The second kappa shape index (κ2) is 5.59. The highest BCUT2D eigenvalue weighted by Gasteiger charge is 2.07. The molecule has 0 aliphatic carbocycles. The Morgan fingerprint density at radius 3 is 2.83 bits per heavy atom. The van der Waals surface area contributed by atoms with Crippen LogP contribution in [0.2, 0.25) is 0 Å². The van der Waals surface area contributed by atoms with Crippen LogP contribution in [-0.2, 0) is 6.54 Å². The van der Waals surface area contributed by atoms with Crippen LogP contribution in [0.1, 0.15) is 0 Å². The fourth-order valence-corrected chi connectivity index (χ4v) is 1.53. The molecule has 0 aliphatic rings. The first-order valence-electron chi connectivity index (χ1n) is 5.49. The molecular weight excluding hydrogens is 240 g/mol. The van der Waals surface area contributed by atoms with Crippen LogP contribution in [-0.4, -0.2) is 27.5 Å². The van der Waals surface area contributed by atoms with Gasteiger partial charge in [0.2, 0.25) is 0 Å².